The third-order valence-corrected chi connectivity index (χ3v) is 3.13. The number of benzene rings is 1. The third-order valence-electron chi connectivity index (χ3n) is 3.13. The van der Waals surface area contributed by atoms with Crippen LogP contribution in [0.2, 0.25) is 0 Å². The van der Waals surface area contributed by atoms with E-state index in [9.17, 15) is 5.11 Å². The number of aromatic nitrogens is 1. The maximum absolute atomic E-state index is 10.4. The highest BCUT2D eigenvalue weighted by Crippen LogP contribution is 2.28. The molecule has 96 valence electrons. The molecular weight excluding hydrogens is 238 g/mol. The Morgan fingerprint density at radius 1 is 1.05 bits per heavy atom. The molecule has 0 saturated carbocycles. The largest absolute Gasteiger partial charge is 0.458 e. The van der Waals surface area contributed by atoms with Gasteiger partial charge in [0, 0.05) is 16.8 Å². The fourth-order valence-electron chi connectivity index (χ4n) is 2.33. The normalized spacial score (nSPS) is 12.8. The Morgan fingerprint density at radius 3 is 2.42 bits per heavy atom. The molecule has 0 amide bonds. The predicted octanol–water partition coefficient (Wildman–Crippen LogP) is 3.53. The highest BCUT2D eigenvalue weighted by molar-refractivity contribution is 5.77. The first-order chi connectivity index (χ1) is 9.13. The Balaban J connectivity index is 2.05. The number of aliphatic hydroxyl groups is 1. The molecule has 0 aliphatic carbocycles. The van der Waals surface area contributed by atoms with E-state index in [-0.39, 0.29) is 0 Å². The predicted molar refractivity (Wildman–Crippen MR) is 74.0 cm³/mol. The van der Waals surface area contributed by atoms with Crippen molar-refractivity contribution in [2.24, 2.45) is 0 Å². The van der Waals surface area contributed by atoms with Gasteiger partial charge in [0.2, 0.25) is 0 Å². The van der Waals surface area contributed by atoms with E-state index in [1.807, 2.05) is 56.3 Å². The summed E-state index contributed by atoms with van der Waals surface area (Å²) in [6.45, 7) is 3.84. The molecule has 1 aromatic carbocycles. The van der Waals surface area contributed by atoms with Crippen molar-refractivity contribution in [1.29, 1.82) is 0 Å². The van der Waals surface area contributed by atoms with Crippen LogP contribution in [-0.2, 0) is 0 Å². The van der Waals surface area contributed by atoms with Gasteiger partial charge in [-0.25, -0.2) is 0 Å². The average Bonchev–Trinajstić information content (AvgIpc) is 2.80. The second kappa shape index (κ2) is 4.52. The van der Waals surface area contributed by atoms with Crippen molar-refractivity contribution in [3.8, 4) is 0 Å². The van der Waals surface area contributed by atoms with Crippen LogP contribution < -0.4 is 0 Å². The van der Waals surface area contributed by atoms with E-state index >= 15 is 0 Å². The van der Waals surface area contributed by atoms with Gasteiger partial charge in [0.15, 0.2) is 0 Å². The highest BCUT2D eigenvalue weighted by Gasteiger charge is 2.16. The zero-order valence-corrected chi connectivity index (χ0v) is 10.9. The van der Waals surface area contributed by atoms with Crippen LogP contribution in [0.3, 0.4) is 0 Å². The standard InChI is InChI=1S/C16H15NO2/c1-10-7-13(8-11(2)17-10)16(18)15-9-12-5-3-4-6-14(12)19-15/h3-9,16,18H,1-2H3. The number of hydrogen-bond donors (Lipinski definition) is 1. The van der Waals surface area contributed by atoms with Gasteiger partial charge in [-0.3, -0.25) is 4.98 Å². The van der Waals surface area contributed by atoms with Gasteiger partial charge in [-0.05, 0) is 43.7 Å². The maximum Gasteiger partial charge on any atom is 0.138 e. The molecule has 1 atom stereocenters. The molecule has 2 heterocycles. The Labute approximate surface area is 111 Å². The number of furan rings is 1. The molecule has 0 aliphatic rings. The molecule has 3 nitrogen and oxygen atoms in total. The molecular formula is C16H15NO2. The Morgan fingerprint density at radius 2 is 1.74 bits per heavy atom. The number of aryl methyl sites for hydroxylation is 2. The number of nitrogens with zero attached hydrogens (tertiary/aromatic N) is 1. The number of aliphatic hydroxyl groups excluding tert-OH is 1. The lowest BCUT2D eigenvalue weighted by atomic mass is 10.1. The molecule has 3 rings (SSSR count). The third kappa shape index (κ3) is 2.25. The first kappa shape index (κ1) is 11.9. The van der Waals surface area contributed by atoms with E-state index in [4.69, 9.17) is 4.42 Å². The molecule has 2 aromatic heterocycles. The second-order valence-corrected chi connectivity index (χ2v) is 4.77. The summed E-state index contributed by atoms with van der Waals surface area (Å²) in [4.78, 5) is 4.31. The Bertz CT molecular complexity index is 677. The minimum atomic E-state index is -0.757. The highest BCUT2D eigenvalue weighted by atomic mass is 16.4. The fourth-order valence-corrected chi connectivity index (χ4v) is 2.33. The number of para-hydroxylation sites is 1. The molecule has 3 aromatic rings. The van der Waals surface area contributed by atoms with Crippen molar-refractivity contribution >= 4 is 11.0 Å². The average molecular weight is 253 g/mol. The minimum absolute atomic E-state index is 0.561. The molecule has 0 bridgehead atoms. The molecule has 0 fully saturated rings. The number of fused-ring (bicyclic) bond motifs is 1. The maximum atomic E-state index is 10.4. The Kier molecular flexibility index (Phi) is 2.84. The van der Waals surface area contributed by atoms with E-state index in [2.05, 4.69) is 4.98 Å². The summed E-state index contributed by atoms with van der Waals surface area (Å²) in [5, 5.41) is 11.4. The second-order valence-electron chi connectivity index (χ2n) is 4.77. The van der Waals surface area contributed by atoms with Crippen LogP contribution in [0.25, 0.3) is 11.0 Å². The molecule has 1 N–H and O–H groups in total. The first-order valence-electron chi connectivity index (χ1n) is 6.25. The lowest BCUT2D eigenvalue weighted by Gasteiger charge is -2.09. The van der Waals surface area contributed by atoms with Gasteiger partial charge < -0.3 is 9.52 Å². The molecule has 3 heteroatoms. The van der Waals surface area contributed by atoms with Gasteiger partial charge in [0.1, 0.15) is 17.4 Å². The summed E-state index contributed by atoms with van der Waals surface area (Å²) in [5.41, 5.74) is 3.39. The molecule has 0 spiro atoms. The lowest BCUT2D eigenvalue weighted by Crippen LogP contribution is -2.00. The number of hydrogen-bond acceptors (Lipinski definition) is 3. The van der Waals surface area contributed by atoms with Crippen molar-refractivity contribution in [3.05, 3.63) is 65.2 Å². The molecule has 0 saturated heterocycles. The van der Waals surface area contributed by atoms with Gasteiger partial charge in [0.25, 0.3) is 0 Å². The minimum Gasteiger partial charge on any atom is -0.458 e. The molecule has 0 aliphatic heterocycles. The topological polar surface area (TPSA) is 46.3 Å². The summed E-state index contributed by atoms with van der Waals surface area (Å²) in [6.07, 6.45) is -0.757. The fraction of sp³-hybridized carbons (Fsp3) is 0.188. The number of rotatable bonds is 2. The molecule has 19 heavy (non-hydrogen) atoms. The van der Waals surface area contributed by atoms with Crippen LogP contribution >= 0.6 is 0 Å². The van der Waals surface area contributed by atoms with Gasteiger partial charge in [0.05, 0.1) is 0 Å². The van der Waals surface area contributed by atoms with Crippen molar-refractivity contribution in [1.82, 2.24) is 4.98 Å². The monoisotopic (exact) mass is 253 g/mol. The van der Waals surface area contributed by atoms with Crippen LogP contribution in [0.5, 0.6) is 0 Å². The summed E-state index contributed by atoms with van der Waals surface area (Å²) in [7, 11) is 0. The zero-order valence-electron chi connectivity index (χ0n) is 10.9. The summed E-state index contributed by atoms with van der Waals surface area (Å²) in [6, 6.07) is 13.4. The Hall–Kier alpha value is -2.13. The smallest absolute Gasteiger partial charge is 0.138 e. The molecule has 1 unspecified atom stereocenters. The van der Waals surface area contributed by atoms with E-state index < -0.39 is 6.10 Å². The van der Waals surface area contributed by atoms with E-state index in [0.29, 0.717) is 5.76 Å². The van der Waals surface area contributed by atoms with E-state index in [1.54, 1.807) is 0 Å². The van der Waals surface area contributed by atoms with Gasteiger partial charge in [-0.1, -0.05) is 18.2 Å². The van der Waals surface area contributed by atoms with Crippen LogP contribution in [0.1, 0.15) is 28.8 Å². The van der Waals surface area contributed by atoms with Crippen LogP contribution in [0.4, 0.5) is 0 Å². The van der Waals surface area contributed by atoms with Gasteiger partial charge >= 0.3 is 0 Å². The summed E-state index contributed by atoms with van der Waals surface area (Å²) in [5.74, 6) is 0.561. The van der Waals surface area contributed by atoms with E-state index in [1.165, 1.54) is 0 Å². The first-order valence-corrected chi connectivity index (χ1v) is 6.25. The van der Waals surface area contributed by atoms with Crippen molar-refractivity contribution in [2.45, 2.75) is 20.0 Å². The quantitative estimate of drug-likeness (QED) is 0.760. The van der Waals surface area contributed by atoms with Crippen molar-refractivity contribution < 1.29 is 9.52 Å². The number of pyridine rings is 1. The van der Waals surface area contributed by atoms with Crippen LogP contribution in [0.15, 0.2) is 46.9 Å². The van der Waals surface area contributed by atoms with Crippen molar-refractivity contribution in [3.63, 3.8) is 0 Å². The SMILES string of the molecule is Cc1cc(C(O)c2cc3ccccc3o2)cc(C)n1. The van der Waals surface area contributed by atoms with Gasteiger partial charge in [-0.2, -0.15) is 0 Å². The van der Waals surface area contributed by atoms with Crippen LogP contribution in [0, 0.1) is 13.8 Å². The van der Waals surface area contributed by atoms with Crippen LogP contribution in [-0.4, -0.2) is 10.1 Å². The molecule has 0 radical (unpaired) electrons. The van der Waals surface area contributed by atoms with E-state index in [0.717, 1.165) is 27.9 Å². The summed E-state index contributed by atoms with van der Waals surface area (Å²) < 4.78 is 5.69. The lowest BCUT2D eigenvalue weighted by molar-refractivity contribution is 0.192. The van der Waals surface area contributed by atoms with Crippen molar-refractivity contribution in [2.75, 3.05) is 0 Å². The zero-order chi connectivity index (χ0) is 13.4. The summed E-state index contributed by atoms with van der Waals surface area (Å²) >= 11 is 0. The van der Waals surface area contributed by atoms with Gasteiger partial charge in [-0.15, -0.1) is 0 Å².